The van der Waals surface area contributed by atoms with Gasteiger partial charge in [-0.2, -0.15) is 0 Å². The van der Waals surface area contributed by atoms with Crippen LogP contribution in [-0.2, 0) is 0 Å². The molecule has 0 aliphatic heterocycles. The summed E-state index contributed by atoms with van der Waals surface area (Å²) < 4.78 is 7.06. The van der Waals surface area contributed by atoms with Crippen molar-refractivity contribution in [2.45, 2.75) is 0 Å². The lowest BCUT2D eigenvalue weighted by Crippen LogP contribution is -2.00. The lowest BCUT2D eigenvalue weighted by molar-refractivity contribution is 1.08. The maximum Gasteiger partial charge on any atom is 0.165 e. The lowest BCUT2D eigenvalue weighted by Gasteiger charge is -2.10. The fraction of sp³-hybridized carbons (Fsp3) is 0. The molecule has 5 heterocycles. The molecule has 0 saturated carbocycles. The number of hydrogen-bond acceptors (Lipinski definition) is 8. The number of benzene rings is 7. The molecule has 57 heavy (non-hydrogen) atoms. The van der Waals surface area contributed by atoms with Gasteiger partial charge in [-0.3, -0.25) is 0 Å². The standard InChI is InChI=1S/C49H27N5S3/c1-3-13-28(14-4-1)42-45-43(34-18-8-10-23-38(34)57-45)51-48(50-42)35-20-12-24-39-41(35)33-26-25-30(27-40(33)55-39)47-52-46(29-15-5-2-6-16-29)53-49(54-47)36-21-11-19-32-31-17-7-9-22-37(31)56-44(32)36/h1-27H. The summed E-state index contributed by atoms with van der Waals surface area (Å²) >= 11 is 5.31. The summed E-state index contributed by atoms with van der Waals surface area (Å²) in [7, 11) is 0. The van der Waals surface area contributed by atoms with E-state index in [0.29, 0.717) is 17.5 Å². The van der Waals surface area contributed by atoms with Crippen molar-refractivity contribution in [3.63, 3.8) is 0 Å². The predicted octanol–water partition coefficient (Wildman–Crippen LogP) is 14.1. The van der Waals surface area contributed by atoms with Gasteiger partial charge in [-0.25, -0.2) is 24.9 Å². The van der Waals surface area contributed by atoms with E-state index < -0.39 is 0 Å². The summed E-state index contributed by atoms with van der Waals surface area (Å²) in [5.74, 6) is 2.68. The molecule has 0 bridgehead atoms. The summed E-state index contributed by atoms with van der Waals surface area (Å²) in [6.45, 7) is 0. The minimum Gasteiger partial charge on any atom is -0.226 e. The second-order valence-corrected chi connectivity index (χ2v) is 17.2. The number of rotatable bonds is 5. The smallest absolute Gasteiger partial charge is 0.165 e. The molecule has 0 fully saturated rings. The first-order valence-corrected chi connectivity index (χ1v) is 21.1. The Morgan fingerprint density at radius 3 is 1.74 bits per heavy atom. The van der Waals surface area contributed by atoms with Crippen molar-refractivity contribution in [3.8, 4) is 56.8 Å². The topological polar surface area (TPSA) is 64.5 Å². The number of fused-ring (bicyclic) bond motifs is 9. The normalized spacial score (nSPS) is 11.9. The molecule has 0 unspecified atom stereocenters. The van der Waals surface area contributed by atoms with Gasteiger partial charge in [0.1, 0.15) is 0 Å². The fourth-order valence-electron chi connectivity index (χ4n) is 7.92. The average molecular weight is 782 g/mol. The van der Waals surface area contributed by atoms with Crippen LogP contribution in [0.3, 0.4) is 0 Å². The van der Waals surface area contributed by atoms with E-state index in [2.05, 4.69) is 140 Å². The van der Waals surface area contributed by atoms with E-state index in [0.717, 1.165) is 70.4 Å². The van der Waals surface area contributed by atoms with Crippen molar-refractivity contribution in [2.24, 2.45) is 0 Å². The zero-order chi connectivity index (χ0) is 37.5. The molecule has 7 aromatic carbocycles. The van der Waals surface area contributed by atoms with Crippen LogP contribution >= 0.6 is 34.0 Å². The molecule has 0 spiro atoms. The molecule has 12 rings (SSSR count). The van der Waals surface area contributed by atoms with E-state index >= 15 is 0 Å². The first kappa shape index (κ1) is 32.5. The quantitative estimate of drug-likeness (QED) is 0.174. The molecule has 0 atom stereocenters. The Balaban J connectivity index is 1.04. The molecule has 5 nitrogen and oxygen atoms in total. The molecule has 8 heteroatoms. The maximum atomic E-state index is 5.33. The maximum absolute atomic E-state index is 5.33. The molecule has 0 radical (unpaired) electrons. The highest BCUT2D eigenvalue weighted by atomic mass is 32.1. The monoisotopic (exact) mass is 781 g/mol. The van der Waals surface area contributed by atoms with Crippen LogP contribution in [0.5, 0.6) is 0 Å². The van der Waals surface area contributed by atoms with Gasteiger partial charge < -0.3 is 0 Å². The van der Waals surface area contributed by atoms with Crippen molar-refractivity contribution in [2.75, 3.05) is 0 Å². The third kappa shape index (κ3) is 5.29. The summed E-state index contributed by atoms with van der Waals surface area (Å²) in [6.07, 6.45) is 0. The van der Waals surface area contributed by atoms with Gasteiger partial charge in [0.25, 0.3) is 0 Å². The molecule has 0 amide bonds. The van der Waals surface area contributed by atoms with Crippen molar-refractivity contribution in [3.05, 3.63) is 164 Å². The van der Waals surface area contributed by atoms with Gasteiger partial charge in [0.05, 0.1) is 15.9 Å². The summed E-state index contributed by atoms with van der Waals surface area (Å²) in [6, 6.07) is 57.2. The molecule has 266 valence electrons. The van der Waals surface area contributed by atoms with E-state index in [9.17, 15) is 0 Å². The molecular weight excluding hydrogens is 755 g/mol. The van der Waals surface area contributed by atoms with Crippen LogP contribution in [0, 0.1) is 0 Å². The third-order valence-corrected chi connectivity index (χ3v) is 14.1. The van der Waals surface area contributed by atoms with E-state index in [1.165, 1.54) is 29.6 Å². The lowest BCUT2D eigenvalue weighted by atomic mass is 10.0. The zero-order valence-corrected chi connectivity index (χ0v) is 32.5. The number of aromatic nitrogens is 5. The number of nitrogens with zero attached hydrogens (tertiary/aromatic N) is 5. The first-order valence-electron chi connectivity index (χ1n) is 18.7. The Morgan fingerprint density at radius 2 is 0.912 bits per heavy atom. The highest BCUT2D eigenvalue weighted by Gasteiger charge is 2.21. The fourth-order valence-corrected chi connectivity index (χ4v) is 11.5. The Labute approximate surface area is 338 Å². The molecule has 0 saturated heterocycles. The van der Waals surface area contributed by atoms with E-state index in [4.69, 9.17) is 24.9 Å². The predicted molar refractivity (Wildman–Crippen MR) is 241 cm³/mol. The second kappa shape index (κ2) is 12.9. The van der Waals surface area contributed by atoms with Gasteiger partial charge in [0.2, 0.25) is 0 Å². The summed E-state index contributed by atoms with van der Waals surface area (Å²) in [5.41, 5.74) is 6.95. The first-order chi connectivity index (χ1) is 28.2. The van der Waals surface area contributed by atoms with E-state index in [-0.39, 0.29) is 0 Å². The van der Waals surface area contributed by atoms with Crippen LogP contribution in [0.25, 0.3) is 117 Å². The highest BCUT2D eigenvalue weighted by Crippen LogP contribution is 2.44. The Hall–Kier alpha value is -6.71. The molecule has 5 aromatic heterocycles. The largest absolute Gasteiger partial charge is 0.226 e. The van der Waals surface area contributed by atoms with Crippen molar-refractivity contribution in [1.82, 2.24) is 24.9 Å². The Morgan fingerprint density at radius 1 is 0.316 bits per heavy atom. The van der Waals surface area contributed by atoms with Crippen LogP contribution in [0.4, 0.5) is 0 Å². The van der Waals surface area contributed by atoms with Gasteiger partial charge in [0, 0.05) is 78.2 Å². The average Bonchev–Trinajstić information content (AvgIpc) is 3.97. The van der Waals surface area contributed by atoms with Crippen LogP contribution in [0.1, 0.15) is 0 Å². The second-order valence-electron chi connectivity index (χ2n) is 14.0. The van der Waals surface area contributed by atoms with E-state index in [1.54, 1.807) is 34.0 Å². The number of hydrogen-bond donors (Lipinski definition) is 0. The van der Waals surface area contributed by atoms with Gasteiger partial charge in [-0.15, -0.1) is 34.0 Å². The van der Waals surface area contributed by atoms with Gasteiger partial charge in [0.15, 0.2) is 23.3 Å². The van der Waals surface area contributed by atoms with Gasteiger partial charge >= 0.3 is 0 Å². The van der Waals surface area contributed by atoms with Crippen LogP contribution in [0.15, 0.2) is 164 Å². The van der Waals surface area contributed by atoms with Crippen LogP contribution in [-0.4, -0.2) is 24.9 Å². The molecular formula is C49H27N5S3. The van der Waals surface area contributed by atoms with E-state index in [1.807, 2.05) is 24.3 Å². The highest BCUT2D eigenvalue weighted by molar-refractivity contribution is 7.27. The SMILES string of the molecule is c1ccc(-c2nc(-c3ccc4c(c3)sc3cccc(-c5nc(-c6ccccc6)c6sc7ccccc7c6n5)c34)nc(-c3cccc4c3sc3ccccc34)n2)cc1. The van der Waals surface area contributed by atoms with Crippen molar-refractivity contribution in [1.29, 1.82) is 0 Å². The minimum absolute atomic E-state index is 0.641. The molecule has 12 aromatic rings. The third-order valence-electron chi connectivity index (χ3n) is 10.6. The molecule has 0 aliphatic rings. The van der Waals surface area contributed by atoms with Crippen LogP contribution in [0.2, 0.25) is 0 Å². The Bertz CT molecular complexity index is 3530. The van der Waals surface area contributed by atoms with Crippen LogP contribution < -0.4 is 0 Å². The summed E-state index contributed by atoms with van der Waals surface area (Å²) in [4.78, 5) is 26.0. The van der Waals surface area contributed by atoms with Gasteiger partial charge in [-0.05, 0) is 30.3 Å². The Kier molecular flexibility index (Phi) is 7.38. The van der Waals surface area contributed by atoms with Gasteiger partial charge in [-0.1, -0.05) is 133 Å². The molecule has 0 N–H and O–H groups in total. The number of thiophene rings is 3. The zero-order valence-electron chi connectivity index (χ0n) is 30.0. The summed E-state index contributed by atoms with van der Waals surface area (Å²) in [5, 5.41) is 5.92. The minimum atomic E-state index is 0.641. The van der Waals surface area contributed by atoms with Crippen molar-refractivity contribution < 1.29 is 0 Å². The molecule has 0 aliphatic carbocycles. The van der Waals surface area contributed by atoms with Crippen molar-refractivity contribution >= 4 is 94.7 Å².